The largest absolute Gasteiger partial charge is 0.250 e. The van der Waals surface area contributed by atoms with Crippen molar-refractivity contribution >= 4 is 21.4 Å². The van der Waals surface area contributed by atoms with E-state index in [2.05, 4.69) is 11.6 Å². The van der Waals surface area contributed by atoms with Gasteiger partial charge in [0.1, 0.15) is 4.21 Å². The summed E-state index contributed by atoms with van der Waals surface area (Å²) in [6.07, 6.45) is 7.87. The Morgan fingerprint density at radius 2 is 1.76 bits per heavy atom. The molecule has 4 fully saturated rings. The van der Waals surface area contributed by atoms with Crippen molar-refractivity contribution in [3.05, 3.63) is 17.5 Å². The second-order valence-electron chi connectivity index (χ2n) is 7.55. The van der Waals surface area contributed by atoms with Crippen molar-refractivity contribution in [2.75, 3.05) is 0 Å². The number of rotatable bonds is 4. The van der Waals surface area contributed by atoms with E-state index in [1.807, 2.05) is 5.38 Å². The molecule has 5 rings (SSSR count). The van der Waals surface area contributed by atoms with Crippen LogP contribution in [-0.4, -0.2) is 14.5 Å². The summed E-state index contributed by atoms with van der Waals surface area (Å²) in [5, 5.41) is 1.82. The molecule has 0 spiro atoms. The first-order valence-electron chi connectivity index (χ1n) is 8.03. The van der Waals surface area contributed by atoms with Crippen LogP contribution in [0.25, 0.3) is 0 Å². The van der Waals surface area contributed by atoms with Gasteiger partial charge in [0.05, 0.1) is 0 Å². The Morgan fingerprint density at radius 3 is 2.24 bits per heavy atom. The Balaban J connectivity index is 1.56. The van der Waals surface area contributed by atoms with Gasteiger partial charge in [0.25, 0.3) is 0 Å². The summed E-state index contributed by atoms with van der Waals surface area (Å²) in [5.41, 5.74) is 0.221. The molecule has 1 heterocycles. The number of hydrogen-bond acceptors (Lipinski definition) is 3. The van der Waals surface area contributed by atoms with E-state index in [0.29, 0.717) is 4.21 Å². The predicted molar refractivity (Wildman–Crippen MR) is 84.7 cm³/mol. The molecule has 21 heavy (non-hydrogen) atoms. The zero-order chi connectivity index (χ0) is 14.7. The van der Waals surface area contributed by atoms with Gasteiger partial charge in [0, 0.05) is 6.04 Å². The van der Waals surface area contributed by atoms with Gasteiger partial charge in [-0.2, -0.15) is 0 Å². The Bertz CT molecular complexity index is 585. The second-order valence-corrected chi connectivity index (χ2v) is 10.4. The van der Waals surface area contributed by atoms with Crippen molar-refractivity contribution in [3.63, 3.8) is 0 Å². The average molecular weight is 325 g/mol. The molecule has 1 aromatic heterocycles. The molecule has 1 atom stereocenters. The summed E-state index contributed by atoms with van der Waals surface area (Å²) in [7, 11) is -3.34. The van der Waals surface area contributed by atoms with E-state index in [4.69, 9.17) is 0 Å². The van der Waals surface area contributed by atoms with E-state index < -0.39 is 10.0 Å². The first-order chi connectivity index (χ1) is 9.97. The third kappa shape index (κ3) is 2.37. The van der Waals surface area contributed by atoms with Crippen molar-refractivity contribution in [2.24, 2.45) is 23.2 Å². The van der Waals surface area contributed by atoms with Crippen LogP contribution in [0.4, 0.5) is 0 Å². The van der Waals surface area contributed by atoms with Crippen LogP contribution < -0.4 is 4.72 Å². The molecule has 4 aliphatic carbocycles. The Labute approximate surface area is 131 Å². The summed E-state index contributed by atoms with van der Waals surface area (Å²) < 4.78 is 28.4. The summed E-state index contributed by atoms with van der Waals surface area (Å²) >= 11 is 1.30. The molecule has 5 heteroatoms. The highest BCUT2D eigenvalue weighted by molar-refractivity contribution is 7.91. The van der Waals surface area contributed by atoms with E-state index in [-0.39, 0.29) is 11.5 Å². The van der Waals surface area contributed by atoms with E-state index >= 15 is 0 Å². The maximum absolute atomic E-state index is 12.5. The molecular weight excluding hydrogens is 302 g/mol. The van der Waals surface area contributed by atoms with Crippen LogP contribution in [0.2, 0.25) is 0 Å². The van der Waals surface area contributed by atoms with Crippen LogP contribution in [0.1, 0.15) is 45.4 Å². The van der Waals surface area contributed by atoms with Crippen molar-refractivity contribution in [1.82, 2.24) is 4.72 Å². The summed E-state index contributed by atoms with van der Waals surface area (Å²) in [5.74, 6) is 2.56. The van der Waals surface area contributed by atoms with E-state index in [1.165, 1.54) is 49.9 Å². The maximum Gasteiger partial charge on any atom is 0.250 e. The molecule has 3 nitrogen and oxygen atoms in total. The average Bonchev–Trinajstić information content (AvgIpc) is 2.90. The van der Waals surface area contributed by atoms with Gasteiger partial charge < -0.3 is 0 Å². The first kappa shape index (κ1) is 14.2. The van der Waals surface area contributed by atoms with Crippen LogP contribution in [0.15, 0.2) is 21.7 Å². The van der Waals surface area contributed by atoms with Crippen LogP contribution in [0.3, 0.4) is 0 Å². The number of thiophene rings is 1. The fourth-order valence-corrected chi connectivity index (χ4v) is 7.90. The van der Waals surface area contributed by atoms with Crippen molar-refractivity contribution in [1.29, 1.82) is 0 Å². The van der Waals surface area contributed by atoms with Gasteiger partial charge in [0.2, 0.25) is 10.0 Å². The van der Waals surface area contributed by atoms with Gasteiger partial charge >= 0.3 is 0 Å². The highest BCUT2D eigenvalue weighted by atomic mass is 32.2. The van der Waals surface area contributed by atoms with Crippen molar-refractivity contribution in [3.8, 4) is 0 Å². The SMILES string of the molecule is C[C@H](NS(=O)(=O)c1cccs1)C12CC3CC(CC(C3)C1)C2. The van der Waals surface area contributed by atoms with Crippen LogP contribution in [0.5, 0.6) is 0 Å². The third-order valence-electron chi connectivity index (χ3n) is 6.10. The molecule has 0 saturated heterocycles. The Kier molecular flexibility index (Phi) is 3.25. The zero-order valence-corrected chi connectivity index (χ0v) is 14.1. The monoisotopic (exact) mass is 325 g/mol. The smallest absolute Gasteiger partial charge is 0.207 e. The summed E-state index contributed by atoms with van der Waals surface area (Å²) in [4.78, 5) is 0. The molecule has 0 unspecified atom stereocenters. The minimum absolute atomic E-state index is 0.0537. The number of nitrogens with one attached hydrogen (secondary N) is 1. The molecule has 4 saturated carbocycles. The lowest BCUT2D eigenvalue weighted by molar-refractivity contribution is -0.0666. The molecule has 1 aromatic rings. The number of sulfonamides is 1. The minimum Gasteiger partial charge on any atom is -0.207 e. The minimum atomic E-state index is -3.34. The maximum atomic E-state index is 12.5. The highest BCUT2D eigenvalue weighted by Crippen LogP contribution is 2.61. The van der Waals surface area contributed by atoms with Crippen LogP contribution in [-0.2, 0) is 10.0 Å². The first-order valence-corrected chi connectivity index (χ1v) is 10.4. The number of hydrogen-bond donors (Lipinski definition) is 1. The van der Waals surface area contributed by atoms with Crippen molar-refractivity contribution < 1.29 is 8.42 Å². The molecule has 0 radical (unpaired) electrons. The molecule has 0 amide bonds. The highest BCUT2D eigenvalue weighted by Gasteiger charge is 2.53. The van der Waals surface area contributed by atoms with Gasteiger partial charge in [-0.3, -0.25) is 0 Å². The molecule has 116 valence electrons. The van der Waals surface area contributed by atoms with Gasteiger partial charge in [-0.1, -0.05) is 6.07 Å². The third-order valence-corrected chi connectivity index (χ3v) is 9.03. The van der Waals surface area contributed by atoms with E-state index in [1.54, 1.807) is 12.1 Å². The molecule has 0 aliphatic heterocycles. The topological polar surface area (TPSA) is 46.2 Å². The zero-order valence-electron chi connectivity index (χ0n) is 12.4. The molecule has 4 bridgehead atoms. The molecular formula is C16H23NO2S2. The fourth-order valence-electron chi connectivity index (χ4n) is 5.54. The van der Waals surface area contributed by atoms with Gasteiger partial charge in [-0.25, -0.2) is 13.1 Å². The standard InChI is InChI=1S/C16H23NO2S2/c1-11(17-21(18,19)15-3-2-4-20-15)16-8-12-5-13(9-16)7-14(6-12)10-16/h2-4,11-14,17H,5-10H2,1H3/t11-,12?,13?,14?,16?/m0/s1. The van der Waals surface area contributed by atoms with Crippen LogP contribution >= 0.6 is 11.3 Å². The fraction of sp³-hybridized carbons (Fsp3) is 0.750. The van der Waals surface area contributed by atoms with Gasteiger partial charge in [-0.15, -0.1) is 11.3 Å². The molecule has 1 N–H and O–H groups in total. The lowest BCUT2D eigenvalue weighted by Gasteiger charge is -2.59. The van der Waals surface area contributed by atoms with Crippen LogP contribution in [0, 0.1) is 23.2 Å². The van der Waals surface area contributed by atoms with E-state index in [0.717, 1.165) is 17.8 Å². The normalized spacial score (nSPS) is 39.6. The van der Waals surface area contributed by atoms with E-state index in [9.17, 15) is 8.42 Å². The lowest BCUT2D eigenvalue weighted by atomic mass is 9.48. The predicted octanol–water partition coefficient (Wildman–Crippen LogP) is 3.63. The lowest BCUT2D eigenvalue weighted by Crippen LogP contribution is -2.55. The quantitative estimate of drug-likeness (QED) is 0.919. The Hall–Kier alpha value is -0.390. The summed E-state index contributed by atoms with van der Waals surface area (Å²) in [6, 6.07) is 3.55. The molecule has 4 aliphatic rings. The molecule has 0 aromatic carbocycles. The second kappa shape index (κ2) is 4.80. The van der Waals surface area contributed by atoms with Gasteiger partial charge in [-0.05, 0) is 80.1 Å². The Morgan fingerprint density at radius 1 is 1.19 bits per heavy atom. The van der Waals surface area contributed by atoms with Gasteiger partial charge in [0.15, 0.2) is 0 Å². The van der Waals surface area contributed by atoms with Crippen molar-refractivity contribution in [2.45, 2.75) is 55.7 Å². The summed E-state index contributed by atoms with van der Waals surface area (Å²) in [6.45, 7) is 2.10.